The van der Waals surface area contributed by atoms with Crippen LogP contribution in [0.1, 0.15) is 88.6 Å². The van der Waals surface area contributed by atoms with E-state index in [0.717, 1.165) is 75.2 Å². The van der Waals surface area contributed by atoms with Gasteiger partial charge < -0.3 is 14.6 Å². The Morgan fingerprint density at radius 1 is 1.00 bits per heavy atom. The van der Waals surface area contributed by atoms with Gasteiger partial charge in [-0.1, -0.05) is 50.7 Å². The second kappa shape index (κ2) is 11.6. The molecule has 1 unspecified atom stereocenters. The van der Waals surface area contributed by atoms with Crippen LogP contribution in [0, 0.1) is 17.6 Å². The lowest BCUT2D eigenvalue weighted by Crippen LogP contribution is -2.43. The number of nitrogens with zero attached hydrogens (tertiary/aromatic N) is 2. The van der Waals surface area contributed by atoms with Gasteiger partial charge in [-0.2, -0.15) is 0 Å². The third kappa shape index (κ3) is 5.81. The van der Waals surface area contributed by atoms with Gasteiger partial charge in [0.05, 0.1) is 17.6 Å². The zero-order valence-corrected chi connectivity index (χ0v) is 21.6. The van der Waals surface area contributed by atoms with Gasteiger partial charge in [-0.25, -0.2) is 13.8 Å². The molecule has 2 saturated carbocycles. The first-order valence-corrected chi connectivity index (χ1v) is 13.9. The summed E-state index contributed by atoms with van der Waals surface area (Å²) in [5, 5.41) is 3.34. The lowest BCUT2D eigenvalue weighted by atomic mass is 9.82. The summed E-state index contributed by atoms with van der Waals surface area (Å²) in [5.41, 5.74) is 1.86. The molecule has 0 bridgehead atoms. The van der Waals surface area contributed by atoms with Gasteiger partial charge in [0.25, 0.3) is 0 Å². The molecule has 1 aromatic heterocycles. The molecule has 2 aliphatic rings. The molecule has 1 heterocycles. The quantitative estimate of drug-likeness (QED) is 0.360. The van der Waals surface area contributed by atoms with Gasteiger partial charge >= 0.3 is 0 Å². The van der Waals surface area contributed by atoms with Gasteiger partial charge in [0.15, 0.2) is 11.6 Å². The van der Waals surface area contributed by atoms with Crippen molar-refractivity contribution in [1.82, 2.24) is 14.9 Å². The van der Waals surface area contributed by atoms with E-state index in [-0.39, 0.29) is 17.9 Å². The smallest absolute Gasteiger partial charge is 0.243 e. The standard InChI is InChI=1S/C30H37F2N3O2/c1-2-37-23-15-13-20(14-16-23)17-28-34-26-18-24(31)25(32)19-27(26)35(28)29(21-9-5-3-6-10-21)30(36)33-22-11-7-4-8-12-22/h13-16,18-19,21-22,29H,2-12,17H2,1H3,(H,33,36). The Kier molecular flexibility index (Phi) is 8.06. The summed E-state index contributed by atoms with van der Waals surface area (Å²) in [6.07, 6.45) is 11.1. The van der Waals surface area contributed by atoms with Gasteiger partial charge in [-0.3, -0.25) is 4.79 Å². The second-order valence-electron chi connectivity index (χ2n) is 10.6. The molecule has 2 aliphatic carbocycles. The van der Waals surface area contributed by atoms with E-state index in [4.69, 9.17) is 9.72 Å². The van der Waals surface area contributed by atoms with Gasteiger partial charge in [-0.15, -0.1) is 0 Å². The highest BCUT2D eigenvalue weighted by Gasteiger charge is 2.35. The first kappa shape index (κ1) is 25.7. The van der Waals surface area contributed by atoms with Crippen LogP contribution in [0.3, 0.4) is 0 Å². The zero-order chi connectivity index (χ0) is 25.8. The Morgan fingerprint density at radius 3 is 2.32 bits per heavy atom. The molecule has 2 fully saturated rings. The third-order valence-corrected chi connectivity index (χ3v) is 8.00. The number of imidazole rings is 1. The fraction of sp³-hybridized carbons (Fsp3) is 0.533. The van der Waals surface area contributed by atoms with Gasteiger partial charge in [0.1, 0.15) is 17.6 Å². The highest BCUT2D eigenvalue weighted by molar-refractivity contribution is 5.85. The van der Waals surface area contributed by atoms with Crippen LogP contribution in [0.4, 0.5) is 8.78 Å². The van der Waals surface area contributed by atoms with Crippen LogP contribution in [-0.2, 0) is 11.2 Å². The van der Waals surface area contributed by atoms with Crippen molar-refractivity contribution in [2.24, 2.45) is 5.92 Å². The molecule has 0 radical (unpaired) electrons. The van der Waals surface area contributed by atoms with Crippen molar-refractivity contribution in [3.05, 3.63) is 59.4 Å². The molecule has 0 spiro atoms. The minimum absolute atomic E-state index is 0.0178. The van der Waals surface area contributed by atoms with Crippen LogP contribution < -0.4 is 10.1 Å². The topological polar surface area (TPSA) is 56.2 Å². The van der Waals surface area contributed by atoms with E-state index in [9.17, 15) is 13.6 Å². The number of carbonyl (C=O) groups is 1. The van der Waals surface area contributed by atoms with Crippen LogP contribution in [0.15, 0.2) is 36.4 Å². The average molecular weight is 510 g/mol. The summed E-state index contributed by atoms with van der Waals surface area (Å²) in [5.74, 6) is -0.297. The molecule has 198 valence electrons. The predicted octanol–water partition coefficient (Wildman–Crippen LogP) is 6.87. The molecule has 3 aromatic rings. The van der Waals surface area contributed by atoms with Crippen LogP contribution in [0.5, 0.6) is 5.75 Å². The number of benzene rings is 2. The highest BCUT2D eigenvalue weighted by Crippen LogP contribution is 2.37. The normalized spacial score (nSPS) is 18.1. The summed E-state index contributed by atoms with van der Waals surface area (Å²) >= 11 is 0. The number of hydrogen-bond donors (Lipinski definition) is 1. The first-order chi connectivity index (χ1) is 18.0. The number of rotatable bonds is 8. The lowest BCUT2D eigenvalue weighted by molar-refractivity contribution is -0.127. The number of ether oxygens (including phenoxy) is 1. The Hall–Kier alpha value is -2.96. The van der Waals surface area contributed by atoms with Crippen molar-refractivity contribution in [3.8, 4) is 5.75 Å². The molecule has 7 heteroatoms. The number of hydrogen-bond acceptors (Lipinski definition) is 3. The largest absolute Gasteiger partial charge is 0.494 e. The van der Waals surface area contributed by atoms with Crippen molar-refractivity contribution in [2.75, 3.05) is 6.61 Å². The fourth-order valence-corrected chi connectivity index (χ4v) is 6.15. The van der Waals surface area contributed by atoms with Crippen molar-refractivity contribution in [2.45, 2.75) is 89.6 Å². The molecule has 37 heavy (non-hydrogen) atoms. The Balaban J connectivity index is 1.57. The molecule has 1 N–H and O–H groups in total. The van der Waals surface area contributed by atoms with E-state index >= 15 is 0 Å². The summed E-state index contributed by atoms with van der Waals surface area (Å²) in [4.78, 5) is 18.7. The van der Waals surface area contributed by atoms with E-state index in [0.29, 0.717) is 29.9 Å². The Morgan fingerprint density at radius 2 is 1.65 bits per heavy atom. The van der Waals surface area contributed by atoms with Gasteiger partial charge in [-0.05, 0) is 56.2 Å². The van der Waals surface area contributed by atoms with E-state index in [2.05, 4.69) is 5.32 Å². The fourth-order valence-electron chi connectivity index (χ4n) is 6.15. The molecule has 0 saturated heterocycles. The van der Waals surface area contributed by atoms with Crippen molar-refractivity contribution < 1.29 is 18.3 Å². The molecule has 1 atom stereocenters. The average Bonchev–Trinajstić information content (AvgIpc) is 3.23. The van der Waals surface area contributed by atoms with Gasteiger partial charge in [0, 0.05) is 24.6 Å². The first-order valence-electron chi connectivity index (χ1n) is 13.9. The number of fused-ring (bicyclic) bond motifs is 1. The van der Waals surface area contributed by atoms with Crippen LogP contribution >= 0.6 is 0 Å². The third-order valence-electron chi connectivity index (χ3n) is 8.00. The maximum atomic E-state index is 14.5. The number of amides is 1. The molecule has 2 aromatic carbocycles. The summed E-state index contributed by atoms with van der Waals surface area (Å²) in [6.45, 7) is 2.53. The molecule has 5 nitrogen and oxygen atoms in total. The van der Waals surface area contributed by atoms with E-state index < -0.39 is 17.7 Å². The van der Waals surface area contributed by atoms with Crippen LogP contribution in [0.25, 0.3) is 11.0 Å². The minimum atomic E-state index is -0.925. The number of nitrogens with one attached hydrogen (secondary N) is 1. The van der Waals surface area contributed by atoms with E-state index in [1.54, 1.807) is 0 Å². The van der Waals surface area contributed by atoms with Crippen LogP contribution in [0.2, 0.25) is 0 Å². The maximum absolute atomic E-state index is 14.5. The Labute approximate surface area is 217 Å². The monoisotopic (exact) mass is 509 g/mol. The molecule has 1 amide bonds. The SMILES string of the molecule is CCOc1ccc(Cc2nc3cc(F)c(F)cc3n2C(C(=O)NC2CCCCC2)C2CCCCC2)cc1. The number of carbonyl (C=O) groups excluding carboxylic acids is 1. The molecular formula is C30H37F2N3O2. The zero-order valence-electron chi connectivity index (χ0n) is 21.6. The minimum Gasteiger partial charge on any atom is -0.494 e. The van der Waals surface area contributed by atoms with Crippen molar-refractivity contribution in [1.29, 1.82) is 0 Å². The maximum Gasteiger partial charge on any atom is 0.243 e. The number of aromatic nitrogens is 2. The Bertz CT molecular complexity index is 1210. The van der Waals surface area contributed by atoms with Crippen molar-refractivity contribution >= 4 is 16.9 Å². The van der Waals surface area contributed by atoms with E-state index in [1.165, 1.54) is 12.5 Å². The van der Waals surface area contributed by atoms with Gasteiger partial charge in [0.2, 0.25) is 5.91 Å². The summed E-state index contributed by atoms with van der Waals surface area (Å²) in [7, 11) is 0. The summed E-state index contributed by atoms with van der Waals surface area (Å²) in [6, 6.07) is 9.82. The molecule has 0 aliphatic heterocycles. The highest BCUT2D eigenvalue weighted by atomic mass is 19.2. The van der Waals surface area contributed by atoms with E-state index in [1.807, 2.05) is 35.8 Å². The van der Waals surface area contributed by atoms with Crippen molar-refractivity contribution in [3.63, 3.8) is 0 Å². The summed E-state index contributed by atoms with van der Waals surface area (Å²) < 4.78 is 36.3. The number of halogens is 2. The lowest BCUT2D eigenvalue weighted by Gasteiger charge is -2.33. The second-order valence-corrected chi connectivity index (χ2v) is 10.6. The molecule has 5 rings (SSSR count). The predicted molar refractivity (Wildman–Crippen MR) is 141 cm³/mol. The molecular weight excluding hydrogens is 472 g/mol. The van der Waals surface area contributed by atoms with Crippen LogP contribution in [-0.4, -0.2) is 28.1 Å².